The largest absolute Gasteiger partial charge is 0.467 e. The highest BCUT2D eigenvalue weighted by Gasteiger charge is 2.21. The van der Waals surface area contributed by atoms with E-state index >= 15 is 0 Å². The van der Waals surface area contributed by atoms with E-state index in [0.717, 1.165) is 0 Å². The lowest BCUT2D eigenvalue weighted by Crippen LogP contribution is -2.34. The molecule has 1 atom stereocenters. The zero-order valence-corrected chi connectivity index (χ0v) is 14.4. The first kappa shape index (κ1) is 17.0. The molecule has 0 unspecified atom stereocenters. The maximum absolute atomic E-state index is 12.2. The van der Waals surface area contributed by atoms with Gasteiger partial charge in [-0.3, -0.25) is 0 Å². The zero-order valence-electron chi connectivity index (χ0n) is 14.4. The molecule has 0 aliphatic carbocycles. The van der Waals surface area contributed by atoms with Crippen molar-refractivity contribution in [3.05, 3.63) is 48.2 Å². The minimum absolute atomic E-state index is 0.193. The number of carbonyl (C=O) groups excluding carboxylic acids is 1. The summed E-state index contributed by atoms with van der Waals surface area (Å²) in [4.78, 5) is 16.6. The first-order chi connectivity index (χ1) is 11.9. The Kier molecular flexibility index (Phi) is 4.50. The number of anilines is 1. The van der Waals surface area contributed by atoms with Crippen LogP contribution in [0.25, 0.3) is 11.1 Å². The summed E-state index contributed by atoms with van der Waals surface area (Å²) >= 11 is 0. The molecule has 7 heteroatoms. The van der Waals surface area contributed by atoms with Crippen molar-refractivity contribution in [1.29, 1.82) is 0 Å². The average Bonchev–Trinajstić information content (AvgIpc) is 3.21. The lowest BCUT2D eigenvalue weighted by atomic mass is 9.97. The second-order valence-corrected chi connectivity index (χ2v) is 6.80. The Balaban J connectivity index is 1.72. The molecule has 2 amide bonds. The van der Waals surface area contributed by atoms with E-state index in [9.17, 15) is 9.90 Å². The molecular weight excluding hydrogens is 322 g/mol. The van der Waals surface area contributed by atoms with Crippen molar-refractivity contribution in [3.8, 4) is 0 Å². The number of carbonyl (C=O) groups is 1. The van der Waals surface area contributed by atoms with Crippen LogP contribution in [0.1, 0.15) is 38.5 Å². The third-order valence-electron chi connectivity index (χ3n) is 3.66. The Morgan fingerprint density at radius 3 is 2.76 bits per heavy atom. The van der Waals surface area contributed by atoms with Crippen LogP contribution in [-0.2, 0) is 5.41 Å². The fourth-order valence-electron chi connectivity index (χ4n) is 2.35. The Morgan fingerprint density at radius 2 is 2.12 bits per heavy atom. The van der Waals surface area contributed by atoms with E-state index in [1.165, 1.54) is 6.26 Å². The molecule has 0 radical (unpaired) electrons. The maximum Gasteiger partial charge on any atom is 0.319 e. The second-order valence-electron chi connectivity index (χ2n) is 6.80. The van der Waals surface area contributed by atoms with E-state index in [1.807, 2.05) is 20.8 Å². The fourth-order valence-corrected chi connectivity index (χ4v) is 2.35. The van der Waals surface area contributed by atoms with Crippen LogP contribution in [-0.4, -0.2) is 22.7 Å². The molecule has 0 fully saturated rings. The summed E-state index contributed by atoms with van der Waals surface area (Å²) in [5.74, 6) is 1.13. The Hall–Kier alpha value is -2.80. The normalized spacial score (nSPS) is 13.0. The highest BCUT2D eigenvalue weighted by Crippen LogP contribution is 2.27. The number of aliphatic hydroxyl groups excluding tert-OH is 1. The van der Waals surface area contributed by atoms with E-state index in [4.69, 9.17) is 8.83 Å². The van der Waals surface area contributed by atoms with Gasteiger partial charge in [-0.1, -0.05) is 20.8 Å². The van der Waals surface area contributed by atoms with Gasteiger partial charge in [0, 0.05) is 11.1 Å². The Bertz CT molecular complexity index is 862. The van der Waals surface area contributed by atoms with Crippen LogP contribution in [0.4, 0.5) is 10.5 Å². The molecule has 3 N–H and O–H groups in total. The molecule has 0 bridgehead atoms. The van der Waals surface area contributed by atoms with Crippen LogP contribution in [0.5, 0.6) is 0 Å². The standard InChI is InChI=1S/C18H21N3O4/c1-18(2,3)16-20-12-9-11(6-7-15(12)25-16)19-17(23)21-13(10-22)14-5-4-8-24-14/h4-9,13,22H,10H2,1-3H3,(H2,19,21,23)/t13-/m0/s1. The molecule has 2 aromatic heterocycles. The van der Waals surface area contributed by atoms with Gasteiger partial charge in [0.15, 0.2) is 5.58 Å². The number of aromatic nitrogens is 1. The summed E-state index contributed by atoms with van der Waals surface area (Å²) in [7, 11) is 0. The maximum atomic E-state index is 12.2. The van der Waals surface area contributed by atoms with Gasteiger partial charge >= 0.3 is 6.03 Å². The van der Waals surface area contributed by atoms with Gasteiger partial charge in [0.05, 0.1) is 12.9 Å². The molecule has 132 valence electrons. The first-order valence-electron chi connectivity index (χ1n) is 7.99. The fraction of sp³-hybridized carbons (Fsp3) is 0.333. The number of hydrogen-bond acceptors (Lipinski definition) is 5. The SMILES string of the molecule is CC(C)(C)c1nc2cc(NC(=O)N[C@@H](CO)c3ccco3)ccc2o1. The van der Waals surface area contributed by atoms with Crippen molar-refractivity contribution in [2.24, 2.45) is 0 Å². The van der Waals surface area contributed by atoms with Crippen LogP contribution in [0, 0.1) is 0 Å². The van der Waals surface area contributed by atoms with Gasteiger partial charge in [-0.05, 0) is 30.3 Å². The molecule has 0 spiro atoms. The summed E-state index contributed by atoms with van der Waals surface area (Å²) in [6.45, 7) is 5.80. The topological polar surface area (TPSA) is 101 Å². The van der Waals surface area contributed by atoms with E-state index in [2.05, 4.69) is 15.6 Å². The number of nitrogens with one attached hydrogen (secondary N) is 2. The van der Waals surface area contributed by atoms with Crippen molar-refractivity contribution in [3.63, 3.8) is 0 Å². The molecule has 3 aromatic rings. The summed E-state index contributed by atoms with van der Waals surface area (Å²) in [6, 6.07) is 7.57. The highest BCUT2D eigenvalue weighted by atomic mass is 16.3. The number of urea groups is 1. The predicted molar refractivity (Wildman–Crippen MR) is 93.4 cm³/mol. The van der Waals surface area contributed by atoms with E-state index in [1.54, 1.807) is 30.3 Å². The van der Waals surface area contributed by atoms with Crippen molar-refractivity contribution in [1.82, 2.24) is 10.3 Å². The minimum atomic E-state index is -0.613. The third-order valence-corrected chi connectivity index (χ3v) is 3.66. The second kappa shape index (κ2) is 6.60. The highest BCUT2D eigenvalue weighted by molar-refractivity contribution is 5.91. The predicted octanol–water partition coefficient (Wildman–Crippen LogP) is 3.57. The van der Waals surface area contributed by atoms with Gasteiger partial charge in [0.1, 0.15) is 17.3 Å². The lowest BCUT2D eigenvalue weighted by molar-refractivity contribution is 0.215. The molecule has 7 nitrogen and oxygen atoms in total. The minimum Gasteiger partial charge on any atom is -0.467 e. The van der Waals surface area contributed by atoms with Crippen molar-refractivity contribution in [2.45, 2.75) is 32.2 Å². The van der Waals surface area contributed by atoms with E-state index in [-0.39, 0.29) is 12.0 Å². The molecule has 25 heavy (non-hydrogen) atoms. The van der Waals surface area contributed by atoms with E-state index in [0.29, 0.717) is 28.4 Å². The number of furan rings is 1. The third kappa shape index (κ3) is 3.83. The number of aliphatic hydroxyl groups is 1. The molecule has 3 rings (SSSR count). The lowest BCUT2D eigenvalue weighted by Gasteiger charge is -2.14. The smallest absolute Gasteiger partial charge is 0.319 e. The van der Waals surface area contributed by atoms with Crippen LogP contribution in [0.3, 0.4) is 0 Å². The quantitative estimate of drug-likeness (QED) is 0.672. The van der Waals surface area contributed by atoms with Gasteiger partial charge in [-0.15, -0.1) is 0 Å². The number of benzene rings is 1. The number of hydrogen-bond donors (Lipinski definition) is 3. The number of amides is 2. The van der Waals surface area contributed by atoms with Crippen molar-refractivity contribution < 1.29 is 18.7 Å². The summed E-state index contributed by atoms with van der Waals surface area (Å²) in [5.41, 5.74) is 1.73. The van der Waals surface area contributed by atoms with Gasteiger partial charge in [-0.2, -0.15) is 0 Å². The van der Waals surface area contributed by atoms with E-state index < -0.39 is 12.1 Å². The number of fused-ring (bicyclic) bond motifs is 1. The molecule has 0 saturated carbocycles. The van der Waals surface area contributed by atoms with Gasteiger partial charge in [0.25, 0.3) is 0 Å². The summed E-state index contributed by atoms with van der Waals surface area (Å²) in [6.07, 6.45) is 1.49. The van der Waals surface area contributed by atoms with Crippen LogP contribution < -0.4 is 10.6 Å². The first-order valence-corrected chi connectivity index (χ1v) is 7.99. The monoisotopic (exact) mass is 343 g/mol. The van der Waals surface area contributed by atoms with Gasteiger partial charge in [0.2, 0.25) is 5.89 Å². The van der Waals surface area contributed by atoms with Gasteiger partial charge in [-0.25, -0.2) is 9.78 Å². The van der Waals surface area contributed by atoms with Crippen LogP contribution in [0.2, 0.25) is 0 Å². The summed E-state index contributed by atoms with van der Waals surface area (Å²) in [5, 5.41) is 14.8. The molecule has 0 saturated heterocycles. The van der Waals surface area contributed by atoms with Gasteiger partial charge < -0.3 is 24.6 Å². The van der Waals surface area contributed by atoms with Crippen molar-refractivity contribution in [2.75, 3.05) is 11.9 Å². The number of oxazole rings is 1. The molecule has 2 heterocycles. The van der Waals surface area contributed by atoms with Crippen molar-refractivity contribution >= 4 is 22.8 Å². The number of rotatable bonds is 4. The molecule has 0 aliphatic heterocycles. The van der Waals surface area contributed by atoms with Crippen LogP contribution >= 0.6 is 0 Å². The summed E-state index contributed by atoms with van der Waals surface area (Å²) < 4.78 is 10.9. The molecule has 0 aliphatic rings. The van der Waals surface area contributed by atoms with Crippen LogP contribution in [0.15, 0.2) is 45.4 Å². The Labute approximate surface area is 145 Å². The molecular formula is C18H21N3O4. The molecule has 1 aromatic carbocycles. The average molecular weight is 343 g/mol. The Morgan fingerprint density at radius 1 is 1.32 bits per heavy atom. The number of nitrogens with zero attached hydrogens (tertiary/aromatic N) is 1. The zero-order chi connectivity index (χ0) is 18.0.